The summed E-state index contributed by atoms with van der Waals surface area (Å²) in [6.07, 6.45) is 2.51. The lowest BCUT2D eigenvalue weighted by Gasteiger charge is -2.34. The van der Waals surface area contributed by atoms with Gasteiger partial charge in [-0.2, -0.15) is 10.2 Å². The van der Waals surface area contributed by atoms with Gasteiger partial charge in [-0.3, -0.25) is 0 Å². The summed E-state index contributed by atoms with van der Waals surface area (Å²) in [6.45, 7) is 0.215. The summed E-state index contributed by atoms with van der Waals surface area (Å²) in [5.74, 6) is -0.950. The molecule has 0 aromatic heterocycles. The van der Waals surface area contributed by atoms with Crippen molar-refractivity contribution in [3.8, 4) is 0 Å². The number of fused-ring (bicyclic) bond motifs is 1. The van der Waals surface area contributed by atoms with Crippen LogP contribution >= 0.6 is 0 Å². The van der Waals surface area contributed by atoms with Crippen LogP contribution in [0.1, 0.15) is 23.2 Å². The van der Waals surface area contributed by atoms with Crippen molar-refractivity contribution >= 4 is 23.3 Å². The molecule has 4 atom stereocenters. The maximum Gasteiger partial charge on any atom is 0.338 e. The molecule has 0 radical (unpaired) electrons. The molecule has 1 aliphatic carbocycles. The Morgan fingerprint density at radius 2 is 1.64 bits per heavy atom. The first-order valence-corrected chi connectivity index (χ1v) is 10.8. The highest BCUT2D eigenvalue weighted by molar-refractivity contribution is 5.90. The molecule has 8 heteroatoms. The molecule has 1 saturated carbocycles. The number of azo groups is 1. The molecule has 1 heterocycles. The molecule has 0 spiro atoms. The van der Waals surface area contributed by atoms with E-state index in [4.69, 9.17) is 18.9 Å². The zero-order valence-corrected chi connectivity index (χ0v) is 18.5. The minimum atomic E-state index is -0.496. The molecule has 1 aliphatic heterocycles. The van der Waals surface area contributed by atoms with Crippen LogP contribution in [0.3, 0.4) is 0 Å². The number of ether oxygens (including phenoxy) is 4. The van der Waals surface area contributed by atoms with Crippen LogP contribution in [0.2, 0.25) is 0 Å². The van der Waals surface area contributed by atoms with Crippen molar-refractivity contribution in [1.82, 2.24) is 0 Å². The fraction of sp³-hybridized carbons (Fsp3) is 0.360. The average molecular weight is 450 g/mol. The van der Waals surface area contributed by atoms with Gasteiger partial charge < -0.3 is 18.9 Å². The Labute approximate surface area is 192 Å². The van der Waals surface area contributed by atoms with Crippen LogP contribution in [0, 0.1) is 17.8 Å². The Balaban J connectivity index is 1.36. The summed E-state index contributed by atoms with van der Waals surface area (Å²) in [4.78, 5) is 24.7. The number of esters is 2. The van der Waals surface area contributed by atoms with E-state index in [-0.39, 0.29) is 24.4 Å². The van der Waals surface area contributed by atoms with Gasteiger partial charge in [-0.05, 0) is 49.2 Å². The van der Waals surface area contributed by atoms with Crippen molar-refractivity contribution in [3.05, 3.63) is 72.0 Å². The Kier molecular flexibility index (Phi) is 7.14. The molecule has 4 rings (SSSR count). The first kappa shape index (κ1) is 22.7. The molecule has 0 saturated heterocycles. The lowest BCUT2D eigenvalue weighted by Crippen LogP contribution is -2.39. The first-order chi connectivity index (χ1) is 16.1. The molecule has 0 N–H and O–H groups in total. The van der Waals surface area contributed by atoms with Gasteiger partial charge >= 0.3 is 11.9 Å². The minimum Gasteiger partial charge on any atom is -0.472 e. The molecule has 1 fully saturated rings. The predicted octanol–water partition coefficient (Wildman–Crippen LogP) is 4.96. The lowest BCUT2D eigenvalue weighted by atomic mass is 9.83. The molecule has 2 aromatic rings. The molecule has 172 valence electrons. The zero-order chi connectivity index (χ0) is 23.2. The van der Waals surface area contributed by atoms with Gasteiger partial charge in [0.2, 0.25) is 6.29 Å². The molecule has 33 heavy (non-hydrogen) atoms. The maximum atomic E-state index is 12.6. The molecule has 2 aromatic carbocycles. The highest BCUT2D eigenvalue weighted by Crippen LogP contribution is 2.47. The smallest absolute Gasteiger partial charge is 0.338 e. The number of hydrogen-bond acceptors (Lipinski definition) is 8. The number of nitrogens with zero attached hydrogens (tertiary/aromatic N) is 2. The average Bonchev–Trinajstić information content (AvgIpc) is 3.30. The van der Waals surface area contributed by atoms with Gasteiger partial charge in [0.25, 0.3) is 0 Å². The molecule has 4 unspecified atom stereocenters. The number of carbonyl (C=O) groups is 2. The Morgan fingerprint density at radius 3 is 2.30 bits per heavy atom. The van der Waals surface area contributed by atoms with Crippen LogP contribution in [0.25, 0.3) is 0 Å². The van der Waals surface area contributed by atoms with Crippen molar-refractivity contribution in [2.45, 2.75) is 19.1 Å². The summed E-state index contributed by atoms with van der Waals surface area (Å²) < 4.78 is 21.6. The zero-order valence-electron chi connectivity index (χ0n) is 18.5. The van der Waals surface area contributed by atoms with Crippen molar-refractivity contribution < 1.29 is 28.5 Å². The highest BCUT2D eigenvalue weighted by atomic mass is 16.7. The molecule has 8 nitrogen and oxygen atoms in total. The van der Waals surface area contributed by atoms with E-state index < -0.39 is 18.2 Å². The number of hydrogen-bond donors (Lipinski definition) is 0. The fourth-order valence-corrected chi connectivity index (χ4v) is 4.47. The van der Waals surface area contributed by atoms with Crippen LogP contribution in [0.15, 0.2) is 76.7 Å². The van der Waals surface area contributed by atoms with Crippen LogP contribution in [0.4, 0.5) is 11.4 Å². The minimum absolute atomic E-state index is 0.0104. The van der Waals surface area contributed by atoms with E-state index in [0.29, 0.717) is 16.8 Å². The van der Waals surface area contributed by atoms with Gasteiger partial charge in [0.05, 0.1) is 42.5 Å². The summed E-state index contributed by atoms with van der Waals surface area (Å²) >= 11 is 0. The summed E-state index contributed by atoms with van der Waals surface area (Å²) in [6, 6.07) is 16.2. The second-order valence-electron chi connectivity index (χ2n) is 8.01. The Hall–Kier alpha value is -3.52. The predicted molar refractivity (Wildman–Crippen MR) is 119 cm³/mol. The second kappa shape index (κ2) is 10.4. The largest absolute Gasteiger partial charge is 0.472 e. The van der Waals surface area contributed by atoms with Crippen molar-refractivity contribution in [1.29, 1.82) is 0 Å². The molecular weight excluding hydrogens is 424 g/mol. The summed E-state index contributed by atoms with van der Waals surface area (Å²) in [5, 5.41) is 8.34. The van der Waals surface area contributed by atoms with E-state index in [1.165, 1.54) is 13.4 Å². The Morgan fingerprint density at radius 1 is 0.939 bits per heavy atom. The van der Waals surface area contributed by atoms with Gasteiger partial charge in [0.1, 0.15) is 0 Å². The van der Waals surface area contributed by atoms with Gasteiger partial charge in [0, 0.05) is 24.9 Å². The molecule has 2 aliphatic rings. The first-order valence-electron chi connectivity index (χ1n) is 10.8. The summed E-state index contributed by atoms with van der Waals surface area (Å²) in [5.41, 5.74) is 2.33. The van der Waals surface area contributed by atoms with Crippen molar-refractivity contribution in [3.63, 3.8) is 0 Å². The molecule has 0 amide bonds. The van der Waals surface area contributed by atoms with Gasteiger partial charge in [-0.25, -0.2) is 9.59 Å². The standard InChI is InChI=1S/C25H26N2O6/c1-30-24(29)21-15-33-25(31-2)22-17(10-13-20(21)22)14-32-23(28)16-8-11-19(12-9-16)27-26-18-6-4-3-5-7-18/h3-9,11-12,15,17,20,22,25H,10,13-14H2,1-2H3. The van der Waals surface area contributed by atoms with Gasteiger partial charge in [0.15, 0.2) is 0 Å². The third-order valence-corrected chi connectivity index (χ3v) is 6.12. The topological polar surface area (TPSA) is 95.8 Å². The van der Waals surface area contributed by atoms with E-state index in [9.17, 15) is 9.59 Å². The van der Waals surface area contributed by atoms with E-state index >= 15 is 0 Å². The monoisotopic (exact) mass is 450 g/mol. The third kappa shape index (κ3) is 5.12. The number of methoxy groups -OCH3 is 2. The molecule has 0 bridgehead atoms. The van der Waals surface area contributed by atoms with Crippen LogP contribution in [-0.2, 0) is 23.7 Å². The third-order valence-electron chi connectivity index (χ3n) is 6.12. The number of carbonyl (C=O) groups excluding carboxylic acids is 2. The summed E-state index contributed by atoms with van der Waals surface area (Å²) in [7, 11) is 2.92. The SMILES string of the molecule is COC(=O)C1=COC(OC)C2C(COC(=O)c3ccc(N=Nc4ccccc4)cc3)CCC12. The lowest BCUT2D eigenvalue weighted by molar-refractivity contribution is -0.157. The van der Waals surface area contributed by atoms with Crippen LogP contribution < -0.4 is 0 Å². The van der Waals surface area contributed by atoms with Crippen LogP contribution in [-0.4, -0.2) is 39.1 Å². The Bertz CT molecular complexity index is 1030. The maximum absolute atomic E-state index is 12.6. The number of benzene rings is 2. The van der Waals surface area contributed by atoms with E-state index in [1.807, 2.05) is 30.3 Å². The van der Waals surface area contributed by atoms with E-state index in [1.54, 1.807) is 31.4 Å². The second-order valence-corrected chi connectivity index (χ2v) is 8.01. The van der Waals surface area contributed by atoms with Crippen LogP contribution in [0.5, 0.6) is 0 Å². The van der Waals surface area contributed by atoms with Crippen molar-refractivity contribution in [2.24, 2.45) is 28.0 Å². The van der Waals surface area contributed by atoms with Crippen molar-refractivity contribution in [2.75, 3.05) is 20.8 Å². The van der Waals surface area contributed by atoms with E-state index in [0.717, 1.165) is 18.5 Å². The normalized spacial score (nSPS) is 24.0. The molecular formula is C25H26N2O6. The van der Waals surface area contributed by atoms with Gasteiger partial charge in [-0.1, -0.05) is 18.2 Å². The quantitative estimate of drug-likeness (QED) is 0.437. The fourth-order valence-electron chi connectivity index (χ4n) is 4.47. The number of rotatable bonds is 7. The van der Waals surface area contributed by atoms with Gasteiger partial charge in [-0.15, -0.1) is 0 Å². The van der Waals surface area contributed by atoms with E-state index in [2.05, 4.69) is 10.2 Å². The highest BCUT2D eigenvalue weighted by Gasteiger charge is 2.48.